The van der Waals surface area contributed by atoms with Gasteiger partial charge in [0.05, 0.1) is 20.4 Å². The summed E-state index contributed by atoms with van der Waals surface area (Å²) in [6, 6.07) is 13.0. The Balaban J connectivity index is 2.45. The van der Waals surface area contributed by atoms with Crippen molar-refractivity contribution in [2.24, 2.45) is 0 Å². The molecule has 0 aliphatic heterocycles. The van der Waals surface area contributed by atoms with E-state index in [1.54, 1.807) is 12.5 Å². The summed E-state index contributed by atoms with van der Waals surface area (Å²) in [6.45, 7) is 20.7. The summed E-state index contributed by atoms with van der Waals surface area (Å²) in [5.74, 6) is 0. The zero-order valence-corrected chi connectivity index (χ0v) is 20.3. The van der Waals surface area contributed by atoms with Crippen LogP contribution >= 0.6 is 7.92 Å². The van der Waals surface area contributed by atoms with Gasteiger partial charge in [-0.3, -0.25) is 0 Å². The first-order valence-corrected chi connectivity index (χ1v) is 11.7. The van der Waals surface area contributed by atoms with Gasteiger partial charge < -0.3 is 8.83 Å². The van der Waals surface area contributed by atoms with Crippen molar-refractivity contribution in [3.05, 3.63) is 65.6 Å². The highest BCUT2D eigenvalue weighted by Crippen LogP contribution is 2.43. The topological polar surface area (TPSA) is 26.3 Å². The molecule has 0 bridgehead atoms. The van der Waals surface area contributed by atoms with E-state index < -0.39 is 7.92 Å². The van der Waals surface area contributed by atoms with Crippen molar-refractivity contribution in [1.82, 2.24) is 0 Å². The van der Waals surface area contributed by atoms with Crippen molar-refractivity contribution in [3.63, 3.8) is 0 Å². The molecule has 2 aromatic heterocycles. The second kappa shape index (κ2) is 7.47. The maximum absolute atomic E-state index is 5.98. The molecule has 1 aromatic carbocycles. The fourth-order valence-electron chi connectivity index (χ4n) is 3.58. The molecule has 0 N–H and O–H groups in total. The van der Waals surface area contributed by atoms with E-state index in [1.165, 1.54) is 22.0 Å². The van der Waals surface area contributed by atoms with Gasteiger partial charge in [-0.05, 0) is 62.5 Å². The van der Waals surface area contributed by atoms with Crippen LogP contribution in [0.1, 0.15) is 79.0 Å². The number of benzene rings is 1. The van der Waals surface area contributed by atoms with E-state index in [1.807, 2.05) is 12.1 Å². The van der Waals surface area contributed by atoms with E-state index in [0.717, 1.165) is 11.0 Å². The molecule has 0 saturated heterocycles. The molecule has 0 unspecified atom stereocenters. The quantitative estimate of drug-likeness (QED) is 0.459. The normalized spacial score (nSPS) is 13.3. The first-order valence-electron chi connectivity index (χ1n) is 10.4. The fraction of sp³-hybridized carbons (Fsp3) is 0.462. The van der Waals surface area contributed by atoms with Gasteiger partial charge in [0, 0.05) is 0 Å². The summed E-state index contributed by atoms with van der Waals surface area (Å²) in [7, 11) is -0.924. The van der Waals surface area contributed by atoms with E-state index in [2.05, 4.69) is 86.6 Å². The van der Waals surface area contributed by atoms with E-state index in [4.69, 9.17) is 8.83 Å². The monoisotopic (exact) mass is 410 g/mol. The van der Waals surface area contributed by atoms with E-state index >= 15 is 0 Å². The number of rotatable bonds is 3. The molecule has 29 heavy (non-hydrogen) atoms. The van der Waals surface area contributed by atoms with Crippen molar-refractivity contribution in [2.45, 2.75) is 78.6 Å². The standard InChI is InChI=1S/C26H35O2P/c1-24(2,3)18-16-19(25(4,5)6)23(20(17-18)26(7,8)9)29(21-12-10-14-27-21)22-13-11-15-28-22/h10-17H,1-9H3. The highest BCUT2D eigenvalue weighted by Gasteiger charge is 2.35. The first-order chi connectivity index (χ1) is 13.3. The minimum Gasteiger partial charge on any atom is -0.464 e. The lowest BCUT2D eigenvalue weighted by molar-refractivity contribution is 0.553. The third kappa shape index (κ3) is 4.53. The largest absolute Gasteiger partial charge is 0.464 e. The van der Waals surface area contributed by atoms with Crippen LogP contribution in [-0.2, 0) is 16.2 Å². The van der Waals surface area contributed by atoms with Gasteiger partial charge in [-0.15, -0.1) is 0 Å². The molecule has 0 saturated carbocycles. The van der Waals surface area contributed by atoms with Crippen molar-refractivity contribution in [1.29, 1.82) is 0 Å². The molecule has 3 rings (SSSR count). The van der Waals surface area contributed by atoms with Gasteiger partial charge in [0.15, 0.2) is 0 Å². The van der Waals surface area contributed by atoms with Gasteiger partial charge in [0.25, 0.3) is 0 Å². The van der Waals surface area contributed by atoms with Crippen LogP contribution in [-0.4, -0.2) is 0 Å². The molecule has 0 radical (unpaired) electrons. The van der Waals surface area contributed by atoms with Crippen LogP contribution in [0.3, 0.4) is 0 Å². The molecule has 3 aromatic rings. The minimum absolute atomic E-state index is 0.00361. The molecular weight excluding hydrogens is 375 g/mol. The van der Waals surface area contributed by atoms with Gasteiger partial charge in [0.2, 0.25) is 0 Å². The van der Waals surface area contributed by atoms with E-state index in [-0.39, 0.29) is 16.2 Å². The van der Waals surface area contributed by atoms with Gasteiger partial charge in [-0.2, -0.15) is 0 Å². The van der Waals surface area contributed by atoms with E-state index in [9.17, 15) is 0 Å². The van der Waals surface area contributed by atoms with Crippen LogP contribution in [0.25, 0.3) is 0 Å². The van der Waals surface area contributed by atoms with Crippen LogP contribution in [0.2, 0.25) is 0 Å². The second-order valence-corrected chi connectivity index (χ2v) is 12.9. The highest BCUT2D eigenvalue weighted by atomic mass is 31.1. The average molecular weight is 411 g/mol. The molecular formula is C26H35O2P. The maximum Gasteiger partial charge on any atom is 0.137 e. The van der Waals surface area contributed by atoms with E-state index in [0.29, 0.717) is 0 Å². The number of hydrogen-bond acceptors (Lipinski definition) is 2. The van der Waals surface area contributed by atoms with Crippen LogP contribution in [0.5, 0.6) is 0 Å². The minimum atomic E-state index is -0.924. The predicted molar refractivity (Wildman–Crippen MR) is 126 cm³/mol. The molecule has 3 heteroatoms. The smallest absolute Gasteiger partial charge is 0.137 e. The zero-order valence-electron chi connectivity index (χ0n) is 19.4. The SMILES string of the molecule is CC(C)(C)c1cc(C(C)(C)C)c(P(c2ccco2)c2ccco2)c(C(C)(C)C)c1. The molecule has 156 valence electrons. The summed E-state index contributed by atoms with van der Waals surface area (Å²) in [5, 5.41) is 1.37. The van der Waals surface area contributed by atoms with Crippen molar-refractivity contribution < 1.29 is 8.83 Å². The van der Waals surface area contributed by atoms with Gasteiger partial charge in [-0.25, -0.2) is 0 Å². The molecule has 0 aliphatic rings. The molecule has 0 amide bonds. The van der Waals surface area contributed by atoms with Gasteiger partial charge in [0.1, 0.15) is 11.0 Å². The summed E-state index contributed by atoms with van der Waals surface area (Å²) in [6.07, 6.45) is 3.54. The molecule has 2 heterocycles. The third-order valence-corrected chi connectivity index (χ3v) is 7.59. The van der Waals surface area contributed by atoms with Crippen LogP contribution in [0, 0.1) is 0 Å². The Bertz CT molecular complexity index is 875. The number of furan rings is 2. The molecule has 0 fully saturated rings. The van der Waals surface area contributed by atoms with Crippen molar-refractivity contribution in [3.8, 4) is 0 Å². The fourth-order valence-corrected chi connectivity index (χ4v) is 6.32. The van der Waals surface area contributed by atoms with Crippen LogP contribution in [0.4, 0.5) is 0 Å². The molecule has 2 nitrogen and oxygen atoms in total. The Morgan fingerprint density at radius 2 is 1.03 bits per heavy atom. The highest BCUT2D eigenvalue weighted by molar-refractivity contribution is 7.79. The lowest BCUT2D eigenvalue weighted by Crippen LogP contribution is -2.35. The van der Waals surface area contributed by atoms with Crippen LogP contribution < -0.4 is 16.3 Å². The first kappa shape index (κ1) is 21.9. The van der Waals surface area contributed by atoms with Gasteiger partial charge in [-0.1, -0.05) is 74.4 Å². The van der Waals surface area contributed by atoms with Crippen molar-refractivity contribution >= 4 is 24.2 Å². The Kier molecular flexibility index (Phi) is 5.65. The summed E-state index contributed by atoms with van der Waals surface area (Å²) >= 11 is 0. The van der Waals surface area contributed by atoms with Gasteiger partial charge >= 0.3 is 0 Å². The molecule has 0 atom stereocenters. The van der Waals surface area contributed by atoms with Crippen molar-refractivity contribution in [2.75, 3.05) is 0 Å². The Hall–Kier alpha value is -1.79. The summed E-state index contributed by atoms with van der Waals surface area (Å²) in [4.78, 5) is 0. The average Bonchev–Trinajstić information content (AvgIpc) is 3.26. The Morgan fingerprint density at radius 3 is 1.31 bits per heavy atom. The number of hydrogen-bond donors (Lipinski definition) is 0. The summed E-state index contributed by atoms with van der Waals surface area (Å²) in [5.41, 5.74) is 6.18. The zero-order chi connectivity index (χ0) is 21.6. The predicted octanol–water partition coefficient (Wildman–Crippen LogP) is 6.52. The molecule has 0 spiro atoms. The second-order valence-electron chi connectivity index (χ2n) is 10.9. The van der Waals surface area contributed by atoms with Crippen LogP contribution in [0.15, 0.2) is 57.8 Å². The summed E-state index contributed by atoms with van der Waals surface area (Å²) < 4.78 is 12.0. The molecule has 0 aliphatic carbocycles. The lowest BCUT2D eigenvalue weighted by atomic mass is 9.75. The Morgan fingerprint density at radius 1 is 0.621 bits per heavy atom. The lowest BCUT2D eigenvalue weighted by Gasteiger charge is -2.35. The maximum atomic E-state index is 5.98. The Labute approximate surface area is 177 Å². The third-order valence-electron chi connectivity index (χ3n) is 5.27.